The van der Waals surface area contributed by atoms with Crippen molar-refractivity contribution in [2.45, 2.75) is 13.8 Å². The maximum absolute atomic E-state index is 12.9. The van der Waals surface area contributed by atoms with Gasteiger partial charge < -0.3 is 14.5 Å². The smallest absolute Gasteiger partial charge is 0.340 e. The molecule has 160 valence electrons. The first-order valence-electron chi connectivity index (χ1n) is 10.1. The van der Waals surface area contributed by atoms with Crippen molar-refractivity contribution in [1.82, 2.24) is 4.98 Å². The van der Waals surface area contributed by atoms with Crippen LogP contribution in [0.4, 0.5) is 11.4 Å². The zero-order chi connectivity index (χ0) is 23.0. The second-order valence-corrected chi connectivity index (χ2v) is 7.63. The van der Waals surface area contributed by atoms with E-state index in [2.05, 4.69) is 4.98 Å². The molecule has 32 heavy (non-hydrogen) atoms. The fraction of sp³-hybridized carbons (Fsp3) is 0.200. The molecule has 7 nitrogen and oxygen atoms in total. The lowest BCUT2D eigenvalue weighted by atomic mass is 10.0. The van der Waals surface area contributed by atoms with E-state index in [0.717, 1.165) is 27.8 Å². The van der Waals surface area contributed by atoms with Crippen LogP contribution in [0.2, 0.25) is 0 Å². The van der Waals surface area contributed by atoms with Crippen molar-refractivity contribution in [3.05, 3.63) is 76.7 Å². The van der Waals surface area contributed by atoms with Crippen LogP contribution in [0.1, 0.15) is 21.6 Å². The number of benzene rings is 2. The number of rotatable bonds is 4. The Morgan fingerprint density at radius 3 is 2.22 bits per heavy atom. The summed E-state index contributed by atoms with van der Waals surface area (Å²) in [6.45, 7) is 3.03. The summed E-state index contributed by atoms with van der Waals surface area (Å²) < 4.78 is 5.34. The summed E-state index contributed by atoms with van der Waals surface area (Å²) in [6.07, 6.45) is 0. The van der Waals surface area contributed by atoms with Gasteiger partial charge in [-0.15, -0.1) is 0 Å². The molecule has 0 fully saturated rings. The van der Waals surface area contributed by atoms with Crippen LogP contribution in [0.3, 0.4) is 0 Å². The maximum Gasteiger partial charge on any atom is 0.340 e. The van der Waals surface area contributed by atoms with Crippen LogP contribution >= 0.6 is 0 Å². The molecule has 0 saturated carbocycles. The minimum Gasteiger partial charge on any atom is -0.454 e. The highest BCUT2D eigenvalue weighted by Crippen LogP contribution is 2.40. The molecular formula is C25H22N4O3. The van der Waals surface area contributed by atoms with E-state index in [1.807, 2.05) is 61.5 Å². The molecule has 7 heteroatoms. The van der Waals surface area contributed by atoms with E-state index in [4.69, 9.17) is 4.74 Å². The average molecular weight is 426 g/mol. The number of esters is 1. The van der Waals surface area contributed by atoms with Crippen LogP contribution in [0.25, 0.3) is 10.9 Å². The molecule has 0 radical (unpaired) electrons. The third-order valence-electron chi connectivity index (χ3n) is 5.73. The summed E-state index contributed by atoms with van der Waals surface area (Å²) in [7, 11) is 3.59. The van der Waals surface area contributed by atoms with Crippen LogP contribution in [-0.4, -0.2) is 37.4 Å². The van der Waals surface area contributed by atoms with Gasteiger partial charge in [-0.2, -0.15) is 5.26 Å². The van der Waals surface area contributed by atoms with Crippen molar-refractivity contribution in [1.29, 1.82) is 5.26 Å². The van der Waals surface area contributed by atoms with Gasteiger partial charge in [0.25, 0.3) is 0 Å². The van der Waals surface area contributed by atoms with Gasteiger partial charge in [0.05, 0.1) is 28.1 Å². The molecule has 1 aromatic heterocycles. The number of para-hydroxylation sites is 3. The van der Waals surface area contributed by atoms with Crippen molar-refractivity contribution in [3.63, 3.8) is 0 Å². The number of carbonyl (C=O) groups excluding carboxylic acids is 2. The third-order valence-corrected chi connectivity index (χ3v) is 5.73. The molecule has 0 spiro atoms. The van der Waals surface area contributed by atoms with Gasteiger partial charge in [-0.25, -0.2) is 4.79 Å². The van der Waals surface area contributed by atoms with Gasteiger partial charge in [-0.05, 0) is 37.6 Å². The molecule has 1 aliphatic rings. The Balaban J connectivity index is 1.59. The zero-order valence-electron chi connectivity index (χ0n) is 18.3. The summed E-state index contributed by atoms with van der Waals surface area (Å²) >= 11 is 0. The Bertz CT molecular complexity index is 1310. The van der Waals surface area contributed by atoms with Gasteiger partial charge in [-0.1, -0.05) is 30.3 Å². The number of carbonyl (C=O) groups is 2. The number of pyridine rings is 1. The minimum atomic E-state index is -0.634. The van der Waals surface area contributed by atoms with Crippen molar-refractivity contribution in [3.8, 4) is 6.07 Å². The number of nitriles is 1. The molecule has 3 aromatic rings. The number of aromatic nitrogens is 1. The second-order valence-electron chi connectivity index (χ2n) is 7.63. The number of fused-ring (bicyclic) bond motifs is 2. The highest BCUT2D eigenvalue weighted by atomic mass is 16.5. The topological polar surface area (TPSA) is 86.5 Å². The van der Waals surface area contributed by atoms with E-state index in [1.54, 1.807) is 30.8 Å². The number of hydrogen-bond acceptors (Lipinski definition) is 7. The molecule has 1 aliphatic heterocycles. The van der Waals surface area contributed by atoms with Crippen LogP contribution in [-0.2, 0) is 9.53 Å². The lowest BCUT2D eigenvalue weighted by molar-refractivity contribution is -0.118. The highest BCUT2D eigenvalue weighted by Gasteiger charge is 2.31. The molecular weight excluding hydrogens is 404 g/mol. The second kappa shape index (κ2) is 8.16. The fourth-order valence-electron chi connectivity index (χ4n) is 4.16. The van der Waals surface area contributed by atoms with Crippen molar-refractivity contribution >= 4 is 34.0 Å². The van der Waals surface area contributed by atoms with Crippen LogP contribution in [0.15, 0.2) is 59.9 Å². The Kier molecular flexibility index (Phi) is 5.37. The Labute approximate surface area is 186 Å². The first-order chi connectivity index (χ1) is 15.3. The first-order valence-corrected chi connectivity index (χ1v) is 10.1. The molecule has 0 bridgehead atoms. The maximum atomic E-state index is 12.9. The summed E-state index contributed by atoms with van der Waals surface area (Å²) in [4.78, 5) is 33.8. The largest absolute Gasteiger partial charge is 0.454 e. The number of aryl methyl sites for hydroxylation is 2. The summed E-state index contributed by atoms with van der Waals surface area (Å²) in [6, 6.07) is 17.1. The van der Waals surface area contributed by atoms with Crippen LogP contribution in [0.5, 0.6) is 0 Å². The van der Waals surface area contributed by atoms with Crippen molar-refractivity contribution in [2.75, 3.05) is 30.5 Å². The van der Waals surface area contributed by atoms with Gasteiger partial charge >= 0.3 is 5.97 Å². The quantitative estimate of drug-likeness (QED) is 0.355. The van der Waals surface area contributed by atoms with Crippen LogP contribution in [0, 0.1) is 25.2 Å². The van der Waals surface area contributed by atoms with Gasteiger partial charge in [0.1, 0.15) is 17.5 Å². The molecule has 0 N–H and O–H groups in total. The molecule has 0 aliphatic carbocycles. The Hall–Kier alpha value is -4.18. The minimum absolute atomic E-state index is 0.0657. The monoisotopic (exact) mass is 426 g/mol. The van der Waals surface area contributed by atoms with Gasteiger partial charge in [0, 0.05) is 19.5 Å². The first kappa shape index (κ1) is 21.1. The number of ketones is 1. The fourth-order valence-corrected chi connectivity index (χ4v) is 4.16. The molecule has 0 amide bonds. The van der Waals surface area contributed by atoms with Crippen molar-refractivity contribution in [2.24, 2.45) is 0 Å². The highest BCUT2D eigenvalue weighted by molar-refractivity contribution is 6.05. The average Bonchev–Trinajstić information content (AvgIpc) is 3.04. The Morgan fingerprint density at radius 1 is 1.00 bits per heavy atom. The normalized spacial score (nSPS) is 12.5. The van der Waals surface area contributed by atoms with Gasteiger partial charge in [0.2, 0.25) is 5.78 Å². The SMILES string of the molecule is Cc1nc2ccccc2c(C)c1C(=O)OCC(=O)C(C#N)=C1N(C)c2ccccc2N1C. The number of hydrogen-bond donors (Lipinski definition) is 0. The Morgan fingerprint density at radius 2 is 1.59 bits per heavy atom. The third kappa shape index (κ3) is 3.36. The van der Waals surface area contributed by atoms with E-state index >= 15 is 0 Å². The molecule has 2 heterocycles. The predicted molar refractivity (Wildman–Crippen MR) is 122 cm³/mol. The summed E-state index contributed by atoms with van der Waals surface area (Å²) in [5, 5.41) is 10.6. The summed E-state index contributed by atoms with van der Waals surface area (Å²) in [5.74, 6) is -0.744. The van der Waals surface area contributed by atoms with E-state index in [1.165, 1.54) is 0 Å². The molecule has 2 aromatic carbocycles. The van der Waals surface area contributed by atoms with E-state index in [0.29, 0.717) is 17.1 Å². The number of nitrogens with zero attached hydrogens (tertiary/aromatic N) is 4. The predicted octanol–water partition coefficient (Wildman–Crippen LogP) is 3.90. The van der Waals surface area contributed by atoms with Gasteiger partial charge in [-0.3, -0.25) is 9.78 Å². The van der Waals surface area contributed by atoms with Gasteiger partial charge in [0.15, 0.2) is 6.61 Å². The number of Topliss-reactive ketones (excluding diaryl/α,β-unsaturated/α-hetero) is 1. The number of ether oxygens (including phenoxy) is 1. The molecule has 0 unspecified atom stereocenters. The standard InChI is InChI=1S/C25H22N4O3/c1-15-17-9-5-6-10-19(17)27-16(2)23(15)25(31)32-14-22(30)18(13-26)24-28(3)20-11-7-8-12-21(20)29(24)4/h5-12H,14H2,1-4H3. The molecule has 0 atom stereocenters. The van der Waals surface area contributed by atoms with E-state index in [9.17, 15) is 14.9 Å². The zero-order valence-corrected chi connectivity index (χ0v) is 18.3. The summed E-state index contributed by atoms with van der Waals surface area (Å²) in [5.41, 5.74) is 4.11. The lowest BCUT2D eigenvalue weighted by Gasteiger charge is -2.20. The van der Waals surface area contributed by atoms with Crippen molar-refractivity contribution < 1.29 is 14.3 Å². The molecule has 4 rings (SSSR count). The van der Waals surface area contributed by atoms with Crippen LogP contribution < -0.4 is 9.80 Å². The lowest BCUT2D eigenvalue weighted by Crippen LogP contribution is -2.28. The molecule has 0 saturated heterocycles. The van der Waals surface area contributed by atoms with E-state index < -0.39 is 18.4 Å². The van der Waals surface area contributed by atoms with E-state index in [-0.39, 0.29) is 5.57 Å². The number of anilines is 2.